The Labute approximate surface area is 613 Å². The Morgan fingerprint density at radius 1 is 0.400 bits per heavy atom. The van der Waals surface area contributed by atoms with Crippen molar-refractivity contribution in [1.29, 1.82) is 0 Å². The number of benzene rings is 6. The third-order valence-electron chi connectivity index (χ3n) is 13.9. The normalized spacial score (nSPS) is 11.5. The SMILES string of the molecule is CC(=O)O.CC(C)(C)c1cc(N(c2[c-]c(-c3ccccn3)ccc2)c2[c-]c(-c3ccccn3)ccc2)cc(C(C)(C)C)c1.CC(C)(C)c1cc(N(c2cccc(-c3ccccn3)c2)c2cccc(-c3ccccn3)c2)cc(C(C)(C)C)c1.[Cl][Pt]([Cl])([Cl])[Cl].[K][K].[Pt+2]. The van der Waals surface area contributed by atoms with Crippen molar-refractivity contribution in [3.05, 3.63) is 253 Å². The van der Waals surface area contributed by atoms with Crippen LogP contribution in [0.1, 0.15) is 112 Å². The zero-order chi connectivity index (χ0) is 65.3. The first-order chi connectivity index (χ1) is 41.9. The molecule has 464 valence electrons. The van der Waals surface area contributed by atoms with Gasteiger partial charge in [0, 0.05) is 65.6 Å². The zero-order valence-corrected chi connectivity index (χ0v) is 67.8. The first-order valence-corrected chi connectivity index (χ1v) is 56.7. The molecule has 16 heteroatoms. The summed E-state index contributed by atoms with van der Waals surface area (Å²) in [7, 11) is 20.0. The van der Waals surface area contributed by atoms with Gasteiger partial charge in [-0.3, -0.25) is 14.8 Å². The molecule has 8 nitrogen and oxygen atoms in total. The van der Waals surface area contributed by atoms with Gasteiger partial charge < -0.3 is 24.9 Å². The van der Waals surface area contributed by atoms with E-state index in [0.717, 1.165) is 86.1 Å². The van der Waals surface area contributed by atoms with E-state index in [1.54, 1.807) is 0 Å². The van der Waals surface area contributed by atoms with E-state index >= 15 is 0 Å². The minimum Gasteiger partial charge on any atom is 2.00 e. The molecule has 0 aliphatic heterocycles. The van der Waals surface area contributed by atoms with E-state index in [2.05, 4.69) is 258 Å². The summed E-state index contributed by atoms with van der Waals surface area (Å²) >= 11 is -0.556. The van der Waals surface area contributed by atoms with Crippen LogP contribution in [0.25, 0.3) is 45.0 Å². The Morgan fingerprint density at radius 2 is 0.678 bits per heavy atom. The number of nitrogens with zero attached hydrogens (tertiary/aromatic N) is 6. The molecule has 0 aliphatic rings. The molecular weight excluding hydrogens is 1620 g/mol. The summed E-state index contributed by atoms with van der Waals surface area (Å²) in [6.45, 7) is 28.4. The number of hydrogen-bond acceptors (Lipinski definition) is 7. The van der Waals surface area contributed by atoms with E-state index in [0.29, 0.717) is 0 Å². The second kappa shape index (κ2) is 35.5. The van der Waals surface area contributed by atoms with E-state index in [1.165, 1.54) is 85.4 Å². The van der Waals surface area contributed by atoms with Gasteiger partial charge in [-0.1, -0.05) is 156 Å². The second-order valence-electron chi connectivity index (χ2n) is 24.9. The van der Waals surface area contributed by atoms with E-state index in [-0.39, 0.29) is 42.7 Å². The molecule has 0 amide bonds. The Bertz CT molecular complexity index is 3400. The number of anilines is 6. The van der Waals surface area contributed by atoms with Gasteiger partial charge in [0.2, 0.25) is 0 Å². The van der Waals surface area contributed by atoms with E-state index in [9.17, 15) is 0 Å². The summed E-state index contributed by atoms with van der Waals surface area (Å²) in [6.07, 6.45) is 7.33. The van der Waals surface area contributed by atoms with E-state index in [4.69, 9.17) is 47.6 Å². The molecule has 90 heavy (non-hydrogen) atoms. The van der Waals surface area contributed by atoms with Crippen molar-refractivity contribution in [3.8, 4) is 45.0 Å². The maximum Gasteiger partial charge on any atom is 2.00 e. The van der Waals surface area contributed by atoms with Crippen LogP contribution >= 0.6 is 37.7 Å². The van der Waals surface area contributed by atoms with E-state index in [1.807, 2.05) is 85.5 Å². The Balaban J connectivity index is 0.000000279. The summed E-state index contributed by atoms with van der Waals surface area (Å²) in [5.74, 6) is -0.833. The van der Waals surface area contributed by atoms with Crippen LogP contribution in [0.15, 0.2) is 219 Å². The van der Waals surface area contributed by atoms with Crippen molar-refractivity contribution in [2.24, 2.45) is 0 Å². The molecular formula is C74H76Cl4K2N6O2Pt2. The number of carbonyl (C=O) groups is 1. The molecule has 0 bridgehead atoms. The molecule has 1 N–H and O–H groups in total. The summed E-state index contributed by atoms with van der Waals surface area (Å²) in [6, 6.07) is 75.1. The number of carboxylic acid groups (broad SMARTS) is 1. The molecule has 0 fully saturated rings. The van der Waals surface area contributed by atoms with Crippen molar-refractivity contribution in [1.82, 2.24) is 19.9 Å². The van der Waals surface area contributed by atoms with Gasteiger partial charge in [0.1, 0.15) is 0 Å². The minimum atomic E-state index is -3.06. The van der Waals surface area contributed by atoms with Gasteiger partial charge in [-0.05, 0) is 152 Å². The molecule has 10 aromatic rings. The van der Waals surface area contributed by atoms with Crippen molar-refractivity contribution in [3.63, 3.8) is 0 Å². The van der Waals surface area contributed by atoms with Crippen LogP contribution in [-0.4, -0.2) is 94.2 Å². The molecule has 0 atom stereocenters. The Hall–Kier alpha value is -3.20. The fourth-order valence-corrected chi connectivity index (χ4v) is 9.26. The number of halogens is 4. The molecule has 4 heterocycles. The van der Waals surface area contributed by atoms with Crippen molar-refractivity contribution >= 4 is 141 Å². The number of pyridine rings is 4. The maximum absolute atomic E-state index is 9.00. The molecule has 0 saturated heterocycles. The van der Waals surface area contributed by atoms with Crippen molar-refractivity contribution < 1.29 is 42.9 Å². The summed E-state index contributed by atoms with van der Waals surface area (Å²) in [4.78, 5) is 32.0. The third-order valence-corrected chi connectivity index (χ3v) is 13.9. The van der Waals surface area contributed by atoms with Crippen LogP contribution in [0.2, 0.25) is 0 Å². The van der Waals surface area contributed by atoms with Crippen LogP contribution in [0.5, 0.6) is 0 Å². The molecule has 0 unspecified atom stereocenters. The monoisotopic (exact) mass is 1690 g/mol. The summed E-state index contributed by atoms with van der Waals surface area (Å²) in [5, 5.41) is 7.42. The quantitative estimate of drug-likeness (QED) is 0.107. The molecule has 10 rings (SSSR count). The van der Waals surface area contributed by atoms with Crippen LogP contribution < -0.4 is 9.80 Å². The van der Waals surface area contributed by atoms with Crippen LogP contribution in [0.3, 0.4) is 0 Å². The standard InChI is InChI=1S/C36H37N3.C36H35N3.C2H4O2.4ClH.2K.2Pt/c2*1-35(2,3)28-23-29(36(4,5)6)25-32(24-28)39(30-15-11-13-26(21-30)33-17-7-9-19-37-33)31-16-12-14-27(22-31)34-18-8-10-20-38-34;1-2(3)4;;;;;;;;/h7-25H,1-6H3;7-20,23-25H,1-6H3;1H3,(H,3,4);4*1H;;;;/q;-2;;;;;;;;+2;+4/p-4. The fraction of sp³-hybridized carbons (Fsp3) is 0.230. The topological polar surface area (TPSA) is 95.3 Å². The molecule has 0 spiro atoms. The fourth-order valence-electron chi connectivity index (χ4n) is 9.26. The molecule has 0 saturated carbocycles. The number of carboxylic acids is 1. The summed E-state index contributed by atoms with van der Waals surface area (Å²) < 4.78 is 0. The predicted molar refractivity (Wildman–Crippen MR) is 376 cm³/mol. The van der Waals surface area contributed by atoms with Gasteiger partial charge >= 0.3 is 134 Å². The minimum absolute atomic E-state index is 0. The van der Waals surface area contributed by atoms with Gasteiger partial charge in [-0.2, -0.15) is 0 Å². The van der Waals surface area contributed by atoms with Gasteiger partial charge in [0.25, 0.3) is 5.97 Å². The molecule has 4 aromatic heterocycles. The number of rotatable bonds is 10. The van der Waals surface area contributed by atoms with Crippen LogP contribution in [0, 0.1) is 12.1 Å². The number of hydrogen-bond donors (Lipinski definition) is 1. The molecule has 0 radical (unpaired) electrons. The zero-order valence-electron chi connectivity index (χ0n) is 54.0. The number of aliphatic carboxylic acids is 1. The predicted octanol–water partition coefficient (Wildman–Crippen LogP) is 21.4. The first kappa shape index (κ1) is 77.5. The smallest absolute Gasteiger partial charge is 2.00 e. The average Bonchev–Trinajstić information content (AvgIpc) is 0.805. The molecule has 0 aliphatic carbocycles. The van der Waals surface area contributed by atoms with E-state index < -0.39 is 17.9 Å². The van der Waals surface area contributed by atoms with Gasteiger partial charge in [0.05, 0.1) is 11.4 Å². The van der Waals surface area contributed by atoms with Crippen molar-refractivity contribution in [2.75, 3.05) is 9.80 Å². The second-order valence-corrected chi connectivity index (χ2v) is 44.6. The maximum atomic E-state index is 9.00. The van der Waals surface area contributed by atoms with Gasteiger partial charge in [-0.15, -0.1) is 59.7 Å². The average molecular weight is 1690 g/mol. The summed E-state index contributed by atoms with van der Waals surface area (Å²) in [5.41, 5.74) is 19.2. The number of aromatic nitrogens is 4. The Morgan fingerprint density at radius 3 is 0.956 bits per heavy atom. The molecule has 6 aromatic carbocycles. The van der Waals surface area contributed by atoms with Crippen molar-refractivity contribution in [2.45, 2.75) is 112 Å². The van der Waals surface area contributed by atoms with Gasteiger partial charge in [0.15, 0.2) is 0 Å². The van der Waals surface area contributed by atoms with Crippen LogP contribution in [0.4, 0.5) is 34.1 Å². The van der Waals surface area contributed by atoms with Crippen LogP contribution in [-0.2, 0) is 59.4 Å². The first-order valence-electron chi connectivity index (χ1n) is 29.4. The Kier molecular flexibility index (Phi) is 30.6. The largest absolute Gasteiger partial charge is 2.00 e. The third kappa shape index (κ3) is 24.2. The van der Waals surface area contributed by atoms with Gasteiger partial charge in [-0.25, -0.2) is 0 Å².